The van der Waals surface area contributed by atoms with Crippen LogP contribution < -0.4 is 4.90 Å². The molecule has 2 rings (SSSR count). The number of nitrogens with zero attached hydrogens (tertiary/aromatic N) is 3. The summed E-state index contributed by atoms with van der Waals surface area (Å²) in [7, 11) is 0. The Balaban J connectivity index is 2.43. The van der Waals surface area contributed by atoms with E-state index in [4.69, 9.17) is 16.6 Å². The SMILES string of the molecule is Cc1nc2ccccc2nc1N(CCCCl)C(C)C. The van der Waals surface area contributed by atoms with Gasteiger partial charge in [0.05, 0.1) is 16.7 Å². The van der Waals surface area contributed by atoms with E-state index < -0.39 is 0 Å². The third kappa shape index (κ3) is 3.16. The third-order valence-electron chi connectivity index (χ3n) is 3.15. The maximum Gasteiger partial charge on any atom is 0.151 e. The Labute approximate surface area is 119 Å². The number of aromatic nitrogens is 2. The third-order valence-corrected chi connectivity index (χ3v) is 3.42. The summed E-state index contributed by atoms with van der Waals surface area (Å²) in [4.78, 5) is 11.7. The van der Waals surface area contributed by atoms with Crippen molar-refractivity contribution in [2.75, 3.05) is 17.3 Å². The second-order valence-electron chi connectivity index (χ2n) is 4.95. The maximum atomic E-state index is 5.81. The molecule has 0 saturated heterocycles. The first kappa shape index (κ1) is 14.1. The molecule has 1 aromatic carbocycles. The lowest BCUT2D eigenvalue weighted by Crippen LogP contribution is -2.33. The summed E-state index contributed by atoms with van der Waals surface area (Å²) in [6, 6.07) is 8.37. The first-order valence-electron chi connectivity index (χ1n) is 6.69. The smallest absolute Gasteiger partial charge is 0.151 e. The second-order valence-corrected chi connectivity index (χ2v) is 5.33. The average molecular weight is 278 g/mol. The van der Waals surface area contributed by atoms with E-state index in [-0.39, 0.29) is 0 Å². The number of anilines is 1. The minimum atomic E-state index is 0.386. The summed E-state index contributed by atoms with van der Waals surface area (Å²) in [5.41, 5.74) is 2.87. The molecule has 1 aromatic heterocycles. The molecule has 19 heavy (non-hydrogen) atoms. The Morgan fingerprint density at radius 2 is 1.79 bits per heavy atom. The Morgan fingerprint density at radius 3 is 2.37 bits per heavy atom. The zero-order valence-electron chi connectivity index (χ0n) is 11.7. The maximum absolute atomic E-state index is 5.81. The molecular weight excluding hydrogens is 258 g/mol. The van der Waals surface area contributed by atoms with E-state index in [0.717, 1.165) is 35.5 Å². The predicted molar refractivity (Wildman–Crippen MR) is 82.1 cm³/mol. The van der Waals surface area contributed by atoms with Crippen molar-refractivity contribution < 1.29 is 0 Å². The predicted octanol–water partition coefficient (Wildman–Crippen LogP) is 3.78. The van der Waals surface area contributed by atoms with Crippen molar-refractivity contribution in [1.82, 2.24) is 9.97 Å². The molecule has 0 aliphatic carbocycles. The number of hydrogen-bond donors (Lipinski definition) is 0. The normalized spacial score (nSPS) is 11.2. The van der Waals surface area contributed by atoms with Crippen LogP contribution in [-0.2, 0) is 0 Å². The van der Waals surface area contributed by atoms with Gasteiger partial charge in [-0.3, -0.25) is 0 Å². The van der Waals surface area contributed by atoms with Gasteiger partial charge in [0.1, 0.15) is 0 Å². The summed E-state index contributed by atoms with van der Waals surface area (Å²) in [6.45, 7) is 7.27. The minimum absolute atomic E-state index is 0.386. The zero-order chi connectivity index (χ0) is 13.8. The van der Waals surface area contributed by atoms with Crippen LogP contribution in [0.15, 0.2) is 24.3 Å². The van der Waals surface area contributed by atoms with Crippen LogP contribution in [0, 0.1) is 6.92 Å². The van der Waals surface area contributed by atoms with E-state index in [2.05, 4.69) is 23.7 Å². The molecule has 102 valence electrons. The molecule has 0 spiro atoms. The number of aryl methyl sites for hydroxylation is 1. The molecule has 0 unspecified atom stereocenters. The lowest BCUT2D eigenvalue weighted by molar-refractivity contribution is 0.661. The number of rotatable bonds is 5. The van der Waals surface area contributed by atoms with Crippen molar-refractivity contribution in [3.8, 4) is 0 Å². The molecule has 0 radical (unpaired) electrons. The van der Waals surface area contributed by atoms with Crippen molar-refractivity contribution in [1.29, 1.82) is 0 Å². The van der Waals surface area contributed by atoms with Crippen molar-refractivity contribution in [2.24, 2.45) is 0 Å². The molecule has 0 atom stereocenters. The fourth-order valence-electron chi connectivity index (χ4n) is 2.19. The molecule has 1 heterocycles. The number of hydrogen-bond acceptors (Lipinski definition) is 3. The van der Waals surface area contributed by atoms with Gasteiger partial charge in [-0.25, -0.2) is 9.97 Å². The highest BCUT2D eigenvalue weighted by atomic mass is 35.5. The minimum Gasteiger partial charge on any atom is -0.353 e. The quantitative estimate of drug-likeness (QED) is 0.779. The van der Waals surface area contributed by atoms with Gasteiger partial charge >= 0.3 is 0 Å². The van der Waals surface area contributed by atoms with E-state index in [1.807, 2.05) is 31.2 Å². The zero-order valence-corrected chi connectivity index (χ0v) is 12.5. The van der Waals surface area contributed by atoms with Gasteiger partial charge < -0.3 is 4.90 Å². The highest BCUT2D eigenvalue weighted by Crippen LogP contribution is 2.22. The largest absolute Gasteiger partial charge is 0.353 e. The molecule has 0 N–H and O–H groups in total. The van der Waals surface area contributed by atoms with Gasteiger partial charge in [0.2, 0.25) is 0 Å². The monoisotopic (exact) mass is 277 g/mol. The summed E-state index contributed by atoms with van der Waals surface area (Å²) >= 11 is 5.81. The molecule has 0 saturated carbocycles. The average Bonchev–Trinajstić information content (AvgIpc) is 2.39. The molecule has 2 aromatic rings. The van der Waals surface area contributed by atoms with Crippen molar-refractivity contribution in [3.63, 3.8) is 0 Å². The number of fused-ring (bicyclic) bond motifs is 1. The molecule has 4 heteroatoms. The first-order valence-corrected chi connectivity index (χ1v) is 7.23. The number of benzene rings is 1. The highest BCUT2D eigenvalue weighted by molar-refractivity contribution is 6.17. The van der Waals surface area contributed by atoms with E-state index >= 15 is 0 Å². The summed E-state index contributed by atoms with van der Waals surface area (Å²) < 4.78 is 0. The Bertz CT molecular complexity index is 554. The number of halogens is 1. The van der Waals surface area contributed by atoms with E-state index in [1.54, 1.807) is 0 Å². The van der Waals surface area contributed by atoms with Crippen LogP contribution in [0.25, 0.3) is 11.0 Å². The standard InChI is InChI=1S/C15H20ClN3/c1-11(2)19(10-6-9-16)15-12(3)17-13-7-4-5-8-14(13)18-15/h4-5,7-8,11H,6,9-10H2,1-3H3. The van der Waals surface area contributed by atoms with Crippen LogP contribution in [0.1, 0.15) is 26.0 Å². The fourth-order valence-corrected chi connectivity index (χ4v) is 2.31. The van der Waals surface area contributed by atoms with Gasteiger partial charge in [-0.1, -0.05) is 12.1 Å². The number of alkyl halides is 1. The molecule has 0 aliphatic heterocycles. The van der Waals surface area contributed by atoms with Crippen LogP contribution in [0.2, 0.25) is 0 Å². The van der Waals surface area contributed by atoms with Gasteiger partial charge in [0.25, 0.3) is 0 Å². The topological polar surface area (TPSA) is 29.0 Å². The molecular formula is C15H20ClN3. The van der Waals surface area contributed by atoms with Crippen molar-refractivity contribution in [2.45, 2.75) is 33.2 Å². The van der Waals surface area contributed by atoms with Crippen LogP contribution >= 0.6 is 11.6 Å². The molecule has 0 bridgehead atoms. The van der Waals surface area contributed by atoms with E-state index in [1.165, 1.54) is 0 Å². The Hall–Kier alpha value is -1.35. The highest BCUT2D eigenvalue weighted by Gasteiger charge is 2.15. The summed E-state index contributed by atoms with van der Waals surface area (Å²) in [5, 5.41) is 0. The van der Waals surface area contributed by atoms with E-state index in [9.17, 15) is 0 Å². The Kier molecular flexibility index (Phi) is 4.59. The molecule has 0 amide bonds. The Morgan fingerprint density at radius 1 is 1.16 bits per heavy atom. The van der Waals surface area contributed by atoms with Gasteiger partial charge in [-0.15, -0.1) is 11.6 Å². The van der Waals surface area contributed by atoms with Crippen molar-refractivity contribution in [3.05, 3.63) is 30.0 Å². The van der Waals surface area contributed by atoms with Crippen LogP contribution in [-0.4, -0.2) is 28.4 Å². The second kappa shape index (κ2) is 6.20. The molecule has 3 nitrogen and oxygen atoms in total. The lowest BCUT2D eigenvalue weighted by Gasteiger charge is -2.28. The molecule has 0 aliphatic rings. The van der Waals surface area contributed by atoms with Gasteiger partial charge in [-0.2, -0.15) is 0 Å². The van der Waals surface area contributed by atoms with Gasteiger partial charge in [-0.05, 0) is 39.3 Å². The van der Waals surface area contributed by atoms with Crippen LogP contribution in [0.5, 0.6) is 0 Å². The number of para-hydroxylation sites is 2. The van der Waals surface area contributed by atoms with Crippen molar-refractivity contribution >= 4 is 28.5 Å². The van der Waals surface area contributed by atoms with Crippen LogP contribution in [0.3, 0.4) is 0 Å². The van der Waals surface area contributed by atoms with Gasteiger partial charge in [0, 0.05) is 18.5 Å². The lowest BCUT2D eigenvalue weighted by atomic mass is 10.2. The fraction of sp³-hybridized carbons (Fsp3) is 0.467. The summed E-state index contributed by atoms with van der Waals surface area (Å²) in [6.07, 6.45) is 0.952. The van der Waals surface area contributed by atoms with Gasteiger partial charge in [0.15, 0.2) is 5.82 Å². The molecule has 0 fully saturated rings. The first-order chi connectivity index (χ1) is 9.13. The van der Waals surface area contributed by atoms with E-state index in [0.29, 0.717) is 11.9 Å². The summed E-state index contributed by atoms with van der Waals surface area (Å²) in [5.74, 6) is 1.64. The van der Waals surface area contributed by atoms with Crippen LogP contribution in [0.4, 0.5) is 5.82 Å².